The molecule has 0 radical (unpaired) electrons. The lowest BCUT2D eigenvalue weighted by atomic mass is 10.2. The van der Waals surface area contributed by atoms with Crippen LogP contribution in [0.5, 0.6) is 5.75 Å². The number of para-hydroxylation sites is 1. The molecule has 0 saturated carbocycles. The lowest BCUT2D eigenvalue weighted by molar-refractivity contribution is 0.0737. The van der Waals surface area contributed by atoms with Crippen LogP contribution in [-0.4, -0.2) is 11.0 Å². The molecular weight excluding hydrogens is 330 g/mol. The van der Waals surface area contributed by atoms with Gasteiger partial charge in [0.2, 0.25) is 0 Å². The van der Waals surface area contributed by atoms with Crippen molar-refractivity contribution in [3.8, 4) is 5.75 Å². The summed E-state index contributed by atoms with van der Waals surface area (Å²) in [6, 6.07) is 16.5. The van der Waals surface area contributed by atoms with Crippen LogP contribution < -0.4 is 4.74 Å². The van der Waals surface area contributed by atoms with Crippen molar-refractivity contribution in [2.75, 3.05) is 0 Å². The Morgan fingerprint density at radius 2 is 1.81 bits per heavy atom. The molecule has 0 saturated heterocycles. The van der Waals surface area contributed by atoms with E-state index in [2.05, 4.69) is 20.9 Å². The van der Waals surface area contributed by atoms with Crippen molar-refractivity contribution in [1.82, 2.24) is 4.98 Å². The Morgan fingerprint density at radius 1 is 1.05 bits per heavy atom. The molecule has 0 fully saturated rings. The van der Waals surface area contributed by atoms with Gasteiger partial charge in [-0.3, -0.25) is 0 Å². The smallest absolute Gasteiger partial charge is 0.343 e. The number of aryl methyl sites for hydroxylation is 1. The predicted molar refractivity (Wildman–Crippen MR) is 85.6 cm³/mol. The molecule has 3 nitrogen and oxygen atoms in total. The number of nitrogens with zero attached hydrogens (tertiary/aromatic N) is 1. The third-order valence-electron chi connectivity index (χ3n) is 3.11. The van der Waals surface area contributed by atoms with Crippen LogP contribution in [0.4, 0.5) is 0 Å². The minimum absolute atomic E-state index is 0.390. The second kappa shape index (κ2) is 5.66. The number of esters is 1. The van der Waals surface area contributed by atoms with Crippen molar-refractivity contribution in [2.24, 2.45) is 0 Å². The molecule has 0 aliphatic carbocycles. The van der Waals surface area contributed by atoms with Crippen molar-refractivity contribution in [1.29, 1.82) is 0 Å². The van der Waals surface area contributed by atoms with Crippen LogP contribution in [-0.2, 0) is 0 Å². The first kappa shape index (κ1) is 13.8. The van der Waals surface area contributed by atoms with Crippen LogP contribution in [0.1, 0.15) is 16.1 Å². The first-order chi connectivity index (χ1) is 10.1. The van der Waals surface area contributed by atoms with Gasteiger partial charge in [0.25, 0.3) is 0 Å². The summed E-state index contributed by atoms with van der Waals surface area (Å²) in [5.74, 6) is 0.0856. The van der Waals surface area contributed by atoms with Crippen LogP contribution in [0.3, 0.4) is 0 Å². The van der Waals surface area contributed by atoms with Crippen molar-refractivity contribution < 1.29 is 9.53 Å². The average molecular weight is 342 g/mol. The molecule has 3 aromatic rings. The zero-order chi connectivity index (χ0) is 14.8. The van der Waals surface area contributed by atoms with Crippen LogP contribution >= 0.6 is 15.9 Å². The van der Waals surface area contributed by atoms with E-state index < -0.39 is 5.97 Å². The molecular formula is C17H12BrNO2. The van der Waals surface area contributed by atoms with Gasteiger partial charge in [0.05, 0.1) is 5.56 Å². The summed E-state index contributed by atoms with van der Waals surface area (Å²) in [5.41, 5.74) is 2.08. The first-order valence-corrected chi connectivity index (χ1v) is 7.27. The van der Waals surface area contributed by atoms with Crippen LogP contribution in [0.25, 0.3) is 10.9 Å². The monoisotopic (exact) mass is 341 g/mol. The van der Waals surface area contributed by atoms with Gasteiger partial charge in [0.15, 0.2) is 5.75 Å². The van der Waals surface area contributed by atoms with Gasteiger partial charge in [-0.1, -0.05) is 34.1 Å². The quantitative estimate of drug-likeness (QED) is 0.508. The maximum absolute atomic E-state index is 12.2. The van der Waals surface area contributed by atoms with E-state index in [0.717, 1.165) is 15.6 Å². The molecule has 2 aromatic carbocycles. The van der Waals surface area contributed by atoms with Crippen LogP contribution in [0.2, 0.25) is 0 Å². The summed E-state index contributed by atoms with van der Waals surface area (Å²) in [6.45, 7) is 1.91. The highest BCUT2D eigenvalue weighted by Gasteiger charge is 2.11. The van der Waals surface area contributed by atoms with Gasteiger partial charge in [-0.15, -0.1) is 0 Å². The SMILES string of the molecule is Cc1ccc2cccc(OC(=O)c3ccc(Br)cc3)c2n1. The minimum Gasteiger partial charge on any atom is -0.421 e. The van der Waals surface area contributed by atoms with Crippen molar-refractivity contribution >= 4 is 32.8 Å². The van der Waals surface area contributed by atoms with E-state index in [4.69, 9.17) is 4.74 Å². The van der Waals surface area contributed by atoms with E-state index in [0.29, 0.717) is 16.8 Å². The van der Waals surface area contributed by atoms with E-state index in [1.807, 2.05) is 43.3 Å². The van der Waals surface area contributed by atoms with Gasteiger partial charge in [0.1, 0.15) is 5.52 Å². The standard InChI is InChI=1S/C17H12BrNO2/c1-11-5-6-12-3-2-4-15(16(12)19-11)21-17(20)13-7-9-14(18)10-8-13/h2-10H,1H3. The summed E-state index contributed by atoms with van der Waals surface area (Å²) in [4.78, 5) is 16.6. The Bertz CT molecular complexity index is 813. The van der Waals surface area contributed by atoms with E-state index in [-0.39, 0.29) is 0 Å². The summed E-state index contributed by atoms with van der Waals surface area (Å²) >= 11 is 3.34. The maximum Gasteiger partial charge on any atom is 0.343 e. The number of carbonyl (C=O) groups excluding carboxylic acids is 1. The third-order valence-corrected chi connectivity index (χ3v) is 3.63. The van der Waals surface area contributed by atoms with E-state index >= 15 is 0 Å². The third kappa shape index (κ3) is 2.95. The van der Waals surface area contributed by atoms with Gasteiger partial charge in [-0.2, -0.15) is 0 Å². The summed E-state index contributed by atoms with van der Waals surface area (Å²) in [7, 11) is 0. The number of hydrogen-bond acceptors (Lipinski definition) is 3. The summed E-state index contributed by atoms with van der Waals surface area (Å²) < 4.78 is 6.41. The second-order valence-electron chi connectivity index (χ2n) is 4.68. The van der Waals surface area contributed by atoms with Gasteiger partial charge in [0, 0.05) is 15.6 Å². The molecule has 0 atom stereocenters. The molecule has 0 amide bonds. The molecule has 0 N–H and O–H groups in total. The van der Waals surface area contributed by atoms with Crippen LogP contribution in [0.15, 0.2) is 59.1 Å². The van der Waals surface area contributed by atoms with Crippen molar-refractivity contribution in [3.63, 3.8) is 0 Å². The number of fused-ring (bicyclic) bond motifs is 1. The number of carbonyl (C=O) groups is 1. The van der Waals surface area contributed by atoms with Crippen molar-refractivity contribution in [2.45, 2.75) is 6.92 Å². The lowest BCUT2D eigenvalue weighted by Gasteiger charge is -2.07. The summed E-state index contributed by atoms with van der Waals surface area (Å²) in [6.07, 6.45) is 0. The molecule has 1 aromatic heterocycles. The topological polar surface area (TPSA) is 39.2 Å². The number of rotatable bonds is 2. The zero-order valence-electron chi connectivity index (χ0n) is 11.3. The number of ether oxygens (including phenoxy) is 1. The summed E-state index contributed by atoms with van der Waals surface area (Å²) in [5, 5.41) is 0.946. The fourth-order valence-electron chi connectivity index (χ4n) is 2.04. The highest BCUT2D eigenvalue weighted by Crippen LogP contribution is 2.25. The van der Waals surface area contributed by atoms with Gasteiger partial charge in [-0.25, -0.2) is 9.78 Å². The number of aromatic nitrogens is 1. The van der Waals surface area contributed by atoms with E-state index in [9.17, 15) is 4.79 Å². The Labute approximate surface area is 130 Å². The molecule has 21 heavy (non-hydrogen) atoms. The Kier molecular flexibility index (Phi) is 3.71. The van der Waals surface area contributed by atoms with E-state index in [1.54, 1.807) is 18.2 Å². The molecule has 0 bridgehead atoms. The number of hydrogen-bond donors (Lipinski definition) is 0. The fourth-order valence-corrected chi connectivity index (χ4v) is 2.31. The van der Waals surface area contributed by atoms with Gasteiger partial charge < -0.3 is 4.74 Å². The maximum atomic E-state index is 12.2. The molecule has 3 rings (SSSR count). The average Bonchev–Trinajstić information content (AvgIpc) is 2.48. The number of pyridine rings is 1. The van der Waals surface area contributed by atoms with Crippen LogP contribution in [0, 0.1) is 6.92 Å². The zero-order valence-corrected chi connectivity index (χ0v) is 12.9. The second-order valence-corrected chi connectivity index (χ2v) is 5.59. The molecule has 0 unspecified atom stereocenters. The minimum atomic E-state index is -0.390. The number of halogens is 1. The van der Waals surface area contributed by atoms with Gasteiger partial charge in [-0.05, 0) is 43.3 Å². The molecule has 0 aliphatic heterocycles. The van der Waals surface area contributed by atoms with Gasteiger partial charge >= 0.3 is 5.97 Å². The number of benzene rings is 2. The molecule has 0 aliphatic rings. The highest BCUT2D eigenvalue weighted by molar-refractivity contribution is 9.10. The van der Waals surface area contributed by atoms with E-state index in [1.165, 1.54) is 0 Å². The highest BCUT2D eigenvalue weighted by atomic mass is 79.9. The Morgan fingerprint density at radius 3 is 2.57 bits per heavy atom. The van der Waals surface area contributed by atoms with Crippen molar-refractivity contribution in [3.05, 3.63) is 70.3 Å². The normalized spacial score (nSPS) is 10.6. The Hall–Kier alpha value is -2.20. The predicted octanol–water partition coefficient (Wildman–Crippen LogP) is 4.52. The Balaban J connectivity index is 1.96. The largest absolute Gasteiger partial charge is 0.421 e. The first-order valence-electron chi connectivity index (χ1n) is 6.47. The molecule has 0 spiro atoms. The molecule has 104 valence electrons. The molecule has 4 heteroatoms. The lowest BCUT2D eigenvalue weighted by Crippen LogP contribution is -2.08. The fraction of sp³-hybridized carbons (Fsp3) is 0.0588. The molecule has 1 heterocycles.